The van der Waals surface area contributed by atoms with Crippen molar-refractivity contribution < 1.29 is 14.9 Å². The molecule has 1 atom stereocenters. The van der Waals surface area contributed by atoms with E-state index in [0.29, 0.717) is 6.61 Å². The molecule has 0 rings (SSSR count). The average Bonchev–Trinajstić information content (AvgIpc) is 1.80. The third-order valence-electron chi connectivity index (χ3n) is 1.32. The van der Waals surface area contributed by atoms with E-state index in [1.807, 2.05) is 6.92 Å². The molecule has 0 saturated carbocycles. The van der Waals surface area contributed by atoms with Crippen LogP contribution < -0.4 is 0 Å². The van der Waals surface area contributed by atoms with Gasteiger partial charge in [0.1, 0.15) is 6.10 Å². The smallest absolute Gasteiger partial charge is 0.109 e. The SMILES string of the molecule is CCOC(CO)C(C)(C)O. The van der Waals surface area contributed by atoms with Crippen LogP contribution in [0.1, 0.15) is 20.8 Å². The van der Waals surface area contributed by atoms with E-state index < -0.39 is 11.7 Å². The maximum atomic E-state index is 9.32. The molecule has 0 aliphatic rings. The molecule has 3 heteroatoms. The van der Waals surface area contributed by atoms with Crippen molar-refractivity contribution in [3.63, 3.8) is 0 Å². The fourth-order valence-electron chi connectivity index (χ4n) is 0.681. The summed E-state index contributed by atoms with van der Waals surface area (Å²) in [5.41, 5.74) is -0.954. The molecule has 0 aromatic rings. The Morgan fingerprint density at radius 3 is 2.10 bits per heavy atom. The van der Waals surface area contributed by atoms with Gasteiger partial charge in [-0.2, -0.15) is 0 Å². The summed E-state index contributed by atoms with van der Waals surface area (Å²) >= 11 is 0. The molecule has 0 aliphatic heterocycles. The summed E-state index contributed by atoms with van der Waals surface area (Å²) in [5, 5.41) is 18.0. The van der Waals surface area contributed by atoms with Crippen LogP contribution in [-0.4, -0.2) is 35.1 Å². The van der Waals surface area contributed by atoms with E-state index in [0.717, 1.165) is 0 Å². The molecule has 0 bridgehead atoms. The summed E-state index contributed by atoms with van der Waals surface area (Å²) in [5.74, 6) is 0. The predicted molar refractivity (Wildman–Crippen MR) is 38.8 cm³/mol. The molecule has 0 amide bonds. The normalized spacial score (nSPS) is 15.3. The molecule has 0 spiro atoms. The average molecular weight is 148 g/mol. The van der Waals surface area contributed by atoms with Gasteiger partial charge in [-0.1, -0.05) is 0 Å². The first-order valence-electron chi connectivity index (χ1n) is 3.47. The minimum atomic E-state index is -0.954. The van der Waals surface area contributed by atoms with Crippen LogP contribution in [0, 0.1) is 0 Å². The van der Waals surface area contributed by atoms with Crippen molar-refractivity contribution in [1.82, 2.24) is 0 Å². The monoisotopic (exact) mass is 148 g/mol. The van der Waals surface area contributed by atoms with Crippen molar-refractivity contribution in [3.05, 3.63) is 0 Å². The van der Waals surface area contributed by atoms with Gasteiger partial charge in [-0.3, -0.25) is 0 Å². The Balaban J connectivity index is 3.81. The van der Waals surface area contributed by atoms with Crippen LogP contribution >= 0.6 is 0 Å². The van der Waals surface area contributed by atoms with Gasteiger partial charge < -0.3 is 14.9 Å². The molecule has 0 heterocycles. The third kappa shape index (κ3) is 3.15. The maximum Gasteiger partial charge on any atom is 0.109 e. The summed E-state index contributed by atoms with van der Waals surface area (Å²) in [6.45, 7) is 5.42. The van der Waals surface area contributed by atoms with Gasteiger partial charge in [-0.25, -0.2) is 0 Å². The van der Waals surface area contributed by atoms with Crippen LogP contribution in [0.4, 0.5) is 0 Å². The minimum Gasteiger partial charge on any atom is -0.394 e. The van der Waals surface area contributed by atoms with Crippen molar-refractivity contribution in [2.75, 3.05) is 13.2 Å². The van der Waals surface area contributed by atoms with Crippen LogP contribution in [0.2, 0.25) is 0 Å². The Kier molecular flexibility index (Phi) is 3.86. The first-order chi connectivity index (χ1) is 4.52. The number of ether oxygens (including phenoxy) is 1. The lowest BCUT2D eigenvalue weighted by molar-refractivity contribution is -0.105. The van der Waals surface area contributed by atoms with E-state index in [4.69, 9.17) is 9.84 Å². The van der Waals surface area contributed by atoms with Crippen LogP contribution in [0.3, 0.4) is 0 Å². The van der Waals surface area contributed by atoms with E-state index in [9.17, 15) is 5.11 Å². The zero-order chi connectivity index (χ0) is 8.20. The Morgan fingerprint density at radius 2 is 2.00 bits per heavy atom. The number of hydrogen-bond acceptors (Lipinski definition) is 3. The summed E-state index contributed by atoms with van der Waals surface area (Å²) in [6.07, 6.45) is -0.475. The van der Waals surface area contributed by atoms with Crippen molar-refractivity contribution in [2.24, 2.45) is 0 Å². The van der Waals surface area contributed by atoms with E-state index in [1.165, 1.54) is 0 Å². The second kappa shape index (κ2) is 3.91. The van der Waals surface area contributed by atoms with Gasteiger partial charge in [0, 0.05) is 6.61 Å². The van der Waals surface area contributed by atoms with Gasteiger partial charge in [0.05, 0.1) is 12.2 Å². The largest absolute Gasteiger partial charge is 0.394 e. The number of rotatable bonds is 4. The summed E-state index contributed by atoms with van der Waals surface area (Å²) < 4.78 is 5.06. The van der Waals surface area contributed by atoms with Crippen LogP contribution in [0.15, 0.2) is 0 Å². The summed E-state index contributed by atoms with van der Waals surface area (Å²) in [7, 11) is 0. The molecule has 2 N–H and O–H groups in total. The highest BCUT2D eigenvalue weighted by Crippen LogP contribution is 2.11. The predicted octanol–water partition coefficient (Wildman–Crippen LogP) is 0.155. The van der Waals surface area contributed by atoms with Crippen molar-refractivity contribution >= 4 is 0 Å². The van der Waals surface area contributed by atoms with Crippen molar-refractivity contribution in [3.8, 4) is 0 Å². The topological polar surface area (TPSA) is 49.7 Å². The fourth-order valence-corrected chi connectivity index (χ4v) is 0.681. The first-order valence-corrected chi connectivity index (χ1v) is 3.47. The van der Waals surface area contributed by atoms with Crippen molar-refractivity contribution in [2.45, 2.75) is 32.5 Å². The summed E-state index contributed by atoms with van der Waals surface area (Å²) in [6, 6.07) is 0. The van der Waals surface area contributed by atoms with Crippen LogP contribution in [-0.2, 0) is 4.74 Å². The molecule has 0 aromatic carbocycles. The number of aliphatic hydroxyl groups excluding tert-OH is 1. The molecule has 0 radical (unpaired) electrons. The quantitative estimate of drug-likeness (QED) is 0.597. The Hall–Kier alpha value is -0.120. The molecule has 0 aromatic heterocycles. The number of hydrogen-bond donors (Lipinski definition) is 2. The Bertz CT molecular complexity index is 85.3. The lowest BCUT2D eigenvalue weighted by Gasteiger charge is -2.26. The lowest BCUT2D eigenvalue weighted by Crippen LogP contribution is -2.40. The third-order valence-corrected chi connectivity index (χ3v) is 1.32. The minimum absolute atomic E-state index is 0.142. The maximum absolute atomic E-state index is 9.32. The standard InChI is InChI=1S/C7H16O3/c1-4-10-6(5-8)7(2,3)9/h6,8-9H,4-5H2,1-3H3. The van der Waals surface area contributed by atoms with E-state index >= 15 is 0 Å². The molecule has 3 nitrogen and oxygen atoms in total. The van der Waals surface area contributed by atoms with Gasteiger partial charge in [-0.05, 0) is 20.8 Å². The molecular formula is C7H16O3. The molecule has 0 aliphatic carbocycles. The molecular weight excluding hydrogens is 132 g/mol. The van der Waals surface area contributed by atoms with Crippen molar-refractivity contribution in [1.29, 1.82) is 0 Å². The van der Waals surface area contributed by atoms with Gasteiger partial charge in [-0.15, -0.1) is 0 Å². The lowest BCUT2D eigenvalue weighted by atomic mass is 10.0. The highest BCUT2D eigenvalue weighted by Gasteiger charge is 2.25. The Morgan fingerprint density at radius 1 is 1.50 bits per heavy atom. The zero-order valence-corrected chi connectivity index (χ0v) is 6.79. The van der Waals surface area contributed by atoms with Gasteiger partial charge >= 0.3 is 0 Å². The molecule has 1 unspecified atom stereocenters. The van der Waals surface area contributed by atoms with E-state index in [-0.39, 0.29) is 6.61 Å². The second-order valence-corrected chi connectivity index (χ2v) is 2.78. The van der Waals surface area contributed by atoms with E-state index in [2.05, 4.69) is 0 Å². The zero-order valence-electron chi connectivity index (χ0n) is 6.79. The molecule has 0 saturated heterocycles. The van der Waals surface area contributed by atoms with E-state index in [1.54, 1.807) is 13.8 Å². The molecule has 0 fully saturated rings. The first kappa shape index (κ1) is 9.88. The van der Waals surface area contributed by atoms with Crippen LogP contribution in [0.25, 0.3) is 0 Å². The van der Waals surface area contributed by atoms with Gasteiger partial charge in [0.2, 0.25) is 0 Å². The van der Waals surface area contributed by atoms with Gasteiger partial charge in [0.25, 0.3) is 0 Å². The highest BCUT2D eigenvalue weighted by atomic mass is 16.5. The fraction of sp³-hybridized carbons (Fsp3) is 1.00. The molecule has 10 heavy (non-hydrogen) atoms. The molecule has 62 valence electrons. The number of aliphatic hydroxyl groups is 2. The highest BCUT2D eigenvalue weighted by molar-refractivity contribution is 4.76. The van der Waals surface area contributed by atoms with Gasteiger partial charge in [0.15, 0.2) is 0 Å². The second-order valence-electron chi connectivity index (χ2n) is 2.78. The van der Waals surface area contributed by atoms with Crippen LogP contribution in [0.5, 0.6) is 0 Å². The Labute approximate surface area is 61.6 Å². The summed E-state index contributed by atoms with van der Waals surface area (Å²) in [4.78, 5) is 0.